The van der Waals surface area contributed by atoms with Crippen molar-refractivity contribution in [1.82, 2.24) is 18.9 Å². The predicted octanol–water partition coefficient (Wildman–Crippen LogP) is 1.78. The van der Waals surface area contributed by atoms with E-state index in [1.165, 1.54) is 0 Å². The Morgan fingerprint density at radius 3 is 3.00 bits per heavy atom. The second kappa shape index (κ2) is 5.51. The standard InChI is InChI=1S/C16H17N5O2/c1-20-8-6-18-15(20)14-11(5-10-23-14)16(22)19-13-4-2-3-12-17-7-9-21(12)13/h2-4,6-9,11,14H,5,10H2,1H3,(H,19,22)/t11-,14-/m1/s1. The molecule has 3 aromatic rings. The molecule has 0 saturated carbocycles. The van der Waals surface area contributed by atoms with Crippen LogP contribution in [-0.4, -0.2) is 31.4 Å². The largest absolute Gasteiger partial charge is 0.369 e. The van der Waals surface area contributed by atoms with Gasteiger partial charge in [0.1, 0.15) is 23.4 Å². The second-order valence-electron chi connectivity index (χ2n) is 5.64. The van der Waals surface area contributed by atoms with E-state index in [4.69, 9.17) is 4.74 Å². The number of aromatic nitrogens is 4. The minimum atomic E-state index is -0.308. The van der Waals surface area contributed by atoms with Gasteiger partial charge < -0.3 is 14.6 Å². The van der Waals surface area contributed by atoms with Crippen molar-refractivity contribution in [2.45, 2.75) is 12.5 Å². The molecular weight excluding hydrogens is 294 g/mol. The molecule has 7 heteroatoms. The first-order chi connectivity index (χ1) is 11.2. The number of carbonyl (C=O) groups excluding carboxylic acids is 1. The Morgan fingerprint density at radius 2 is 2.17 bits per heavy atom. The molecule has 0 spiro atoms. The molecule has 0 radical (unpaired) electrons. The molecular formula is C16H17N5O2. The van der Waals surface area contributed by atoms with E-state index >= 15 is 0 Å². The fourth-order valence-corrected chi connectivity index (χ4v) is 3.03. The van der Waals surface area contributed by atoms with Crippen LogP contribution in [0.15, 0.2) is 43.0 Å². The molecule has 1 aliphatic heterocycles. The molecule has 0 aliphatic carbocycles. The van der Waals surface area contributed by atoms with E-state index in [1.807, 2.05) is 46.6 Å². The number of rotatable bonds is 3. The molecule has 4 rings (SSSR count). The Kier molecular flexibility index (Phi) is 3.34. The minimum Gasteiger partial charge on any atom is -0.369 e. The van der Waals surface area contributed by atoms with E-state index in [2.05, 4.69) is 15.3 Å². The lowest BCUT2D eigenvalue weighted by Crippen LogP contribution is -2.27. The number of amides is 1. The molecule has 0 unspecified atom stereocenters. The Morgan fingerprint density at radius 1 is 1.30 bits per heavy atom. The summed E-state index contributed by atoms with van der Waals surface area (Å²) in [7, 11) is 1.91. The van der Waals surface area contributed by atoms with Crippen LogP contribution in [0.3, 0.4) is 0 Å². The van der Waals surface area contributed by atoms with Crippen LogP contribution in [0.1, 0.15) is 18.3 Å². The number of hydrogen-bond acceptors (Lipinski definition) is 4. The van der Waals surface area contributed by atoms with Gasteiger partial charge in [0.15, 0.2) is 0 Å². The van der Waals surface area contributed by atoms with Gasteiger partial charge in [-0.2, -0.15) is 0 Å². The van der Waals surface area contributed by atoms with Gasteiger partial charge in [-0.1, -0.05) is 6.07 Å². The van der Waals surface area contributed by atoms with Crippen LogP contribution in [-0.2, 0) is 16.6 Å². The molecule has 3 aromatic heterocycles. The monoisotopic (exact) mass is 311 g/mol. The number of hydrogen-bond donors (Lipinski definition) is 1. The second-order valence-corrected chi connectivity index (χ2v) is 5.64. The van der Waals surface area contributed by atoms with Gasteiger partial charge in [-0.3, -0.25) is 9.20 Å². The number of nitrogens with one attached hydrogen (secondary N) is 1. The van der Waals surface area contributed by atoms with E-state index < -0.39 is 0 Å². The SMILES string of the molecule is Cn1ccnc1[C@@H]1OCC[C@H]1C(=O)Nc1cccc2nccn12. The summed E-state index contributed by atoms with van der Waals surface area (Å²) in [5.41, 5.74) is 0.797. The molecule has 4 heterocycles. The van der Waals surface area contributed by atoms with Crippen LogP contribution in [0.25, 0.3) is 5.65 Å². The summed E-state index contributed by atoms with van der Waals surface area (Å²) in [6, 6.07) is 5.63. The molecule has 1 fully saturated rings. The fourth-order valence-electron chi connectivity index (χ4n) is 3.03. The molecule has 1 saturated heterocycles. The highest BCUT2D eigenvalue weighted by atomic mass is 16.5. The minimum absolute atomic E-state index is 0.0586. The summed E-state index contributed by atoms with van der Waals surface area (Å²) in [6.45, 7) is 0.560. The zero-order valence-corrected chi connectivity index (χ0v) is 12.7. The molecule has 0 aromatic carbocycles. The number of pyridine rings is 1. The quantitative estimate of drug-likeness (QED) is 0.800. The Labute approximate surface area is 132 Å². The van der Waals surface area contributed by atoms with Crippen LogP contribution in [0.5, 0.6) is 0 Å². The van der Waals surface area contributed by atoms with Crippen molar-refractivity contribution in [2.24, 2.45) is 13.0 Å². The van der Waals surface area contributed by atoms with Crippen molar-refractivity contribution in [3.63, 3.8) is 0 Å². The van der Waals surface area contributed by atoms with Crippen molar-refractivity contribution in [1.29, 1.82) is 0 Å². The summed E-state index contributed by atoms with van der Waals surface area (Å²) < 4.78 is 9.51. The first-order valence-corrected chi connectivity index (χ1v) is 7.56. The maximum atomic E-state index is 12.7. The molecule has 7 nitrogen and oxygen atoms in total. The average Bonchev–Trinajstić information content (AvgIpc) is 3.26. The zero-order chi connectivity index (χ0) is 15.8. The van der Waals surface area contributed by atoms with Gasteiger partial charge in [0.25, 0.3) is 0 Å². The van der Waals surface area contributed by atoms with Crippen molar-refractivity contribution in [2.75, 3.05) is 11.9 Å². The van der Waals surface area contributed by atoms with Gasteiger partial charge in [-0.05, 0) is 18.6 Å². The lowest BCUT2D eigenvalue weighted by molar-refractivity contribution is -0.121. The van der Waals surface area contributed by atoms with E-state index in [-0.39, 0.29) is 17.9 Å². The summed E-state index contributed by atoms with van der Waals surface area (Å²) in [5.74, 6) is 1.17. The Hall–Kier alpha value is -2.67. The van der Waals surface area contributed by atoms with Crippen molar-refractivity contribution >= 4 is 17.4 Å². The molecule has 1 amide bonds. The van der Waals surface area contributed by atoms with Crippen LogP contribution in [0, 0.1) is 5.92 Å². The van der Waals surface area contributed by atoms with Gasteiger partial charge >= 0.3 is 0 Å². The van der Waals surface area contributed by atoms with Crippen LogP contribution < -0.4 is 5.32 Å². The molecule has 1 N–H and O–H groups in total. The third-order valence-electron chi connectivity index (χ3n) is 4.22. The summed E-state index contributed by atoms with van der Waals surface area (Å²) >= 11 is 0. The number of anilines is 1. The van der Waals surface area contributed by atoms with Gasteiger partial charge in [0.05, 0.1) is 5.92 Å². The maximum absolute atomic E-state index is 12.7. The molecule has 2 atom stereocenters. The number of carbonyl (C=O) groups is 1. The molecule has 23 heavy (non-hydrogen) atoms. The third-order valence-corrected chi connectivity index (χ3v) is 4.22. The van der Waals surface area contributed by atoms with Gasteiger partial charge in [-0.25, -0.2) is 9.97 Å². The molecule has 1 aliphatic rings. The van der Waals surface area contributed by atoms with Gasteiger partial charge in [0, 0.05) is 38.4 Å². The lowest BCUT2D eigenvalue weighted by Gasteiger charge is -2.18. The van der Waals surface area contributed by atoms with E-state index in [9.17, 15) is 4.79 Å². The molecule has 0 bridgehead atoms. The van der Waals surface area contributed by atoms with Crippen molar-refractivity contribution in [3.05, 3.63) is 48.8 Å². The number of fused-ring (bicyclic) bond motifs is 1. The fraction of sp³-hybridized carbons (Fsp3) is 0.312. The summed E-state index contributed by atoms with van der Waals surface area (Å²) in [5, 5.41) is 2.99. The van der Waals surface area contributed by atoms with E-state index in [0.29, 0.717) is 18.8 Å². The van der Waals surface area contributed by atoms with E-state index in [0.717, 1.165) is 11.5 Å². The van der Waals surface area contributed by atoms with Gasteiger partial charge in [0.2, 0.25) is 5.91 Å². The van der Waals surface area contributed by atoms with Crippen molar-refractivity contribution < 1.29 is 9.53 Å². The third kappa shape index (κ3) is 2.39. The highest BCUT2D eigenvalue weighted by molar-refractivity contribution is 5.92. The highest BCUT2D eigenvalue weighted by Gasteiger charge is 2.37. The van der Waals surface area contributed by atoms with Crippen molar-refractivity contribution in [3.8, 4) is 0 Å². The van der Waals surface area contributed by atoms with Crippen LogP contribution in [0.4, 0.5) is 5.82 Å². The topological polar surface area (TPSA) is 73.5 Å². The first-order valence-electron chi connectivity index (χ1n) is 7.56. The lowest BCUT2D eigenvalue weighted by atomic mass is 10.00. The first kappa shape index (κ1) is 14.0. The van der Waals surface area contributed by atoms with Crippen LogP contribution in [0.2, 0.25) is 0 Å². The number of nitrogens with zero attached hydrogens (tertiary/aromatic N) is 4. The number of imidazole rings is 2. The highest BCUT2D eigenvalue weighted by Crippen LogP contribution is 2.34. The zero-order valence-electron chi connectivity index (χ0n) is 12.7. The average molecular weight is 311 g/mol. The number of aryl methyl sites for hydroxylation is 1. The Balaban J connectivity index is 1.59. The molecule has 118 valence electrons. The smallest absolute Gasteiger partial charge is 0.231 e. The van der Waals surface area contributed by atoms with Crippen LogP contribution >= 0.6 is 0 Å². The normalized spacial score (nSPS) is 20.9. The number of ether oxygens (including phenoxy) is 1. The Bertz CT molecular complexity index is 853. The summed E-state index contributed by atoms with van der Waals surface area (Å²) in [6.07, 6.45) is 7.49. The maximum Gasteiger partial charge on any atom is 0.231 e. The van der Waals surface area contributed by atoms with E-state index in [1.54, 1.807) is 12.4 Å². The predicted molar refractivity (Wildman–Crippen MR) is 83.8 cm³/mol. The summed E-state index contributed by atoms with van der Waals surface area (Å²) in [4.78, 5) is 21.3. The van der Waals surface area contributed by atoms with Gasteiger partial charge in [-0.15, -0.1) is 0 Å².